The first-order chi connectivity index (χ1) is 18.6. The first-order valence-corrected chi connectivity index (χ1v) is 13.3. The summed E-state index contributed by atoms with van der Waals surface area (Å²) in [6.45, 7) is 4.99. The third-order valence-corrected chi connectivity index (χ3v) is 7.75. The molecule has 0 aromatic heterocycles. The second-order valence-corrected chi connectivity index (χ2v) is 10.2. The molecule has 4 aromatic rings. The number of hydrogen-bond donors (Lipinski definition) is 0. The van der Waals surface area contributed by atoms with Crippen LogP contribution in [0.3, 0.4) is 0 Å². The summed E-state index contributed by atoms with van der Waals surface area (Å²) in [5, 5.41) is 1.82. The van der Waals surface area contributed by atoms with Gasteiger partial charge in [-0.15, -0.1) is 0 Å². The number of halogens is 3. The second-order valence-electron chi connectivity index (χ2n) is 10.2. The molecule has 0 bridgehead atoms. The zero-order chi connectivity index (χ0) is 27.7. The van der Waals surface area contributed by atoms with Gasteiger partial charge < -0.3 is 4.90 Å². The number of carbonyl (C=O) groups is 2. The average molecular weight is 530 g/mol. The normalized spacial score (nSPS) is 14.5. The zero-order valence-electron chi connectivity index (χ0n) is 22.0. The maximum Gasteiger partial charge on any atom is 0.416 e. The Bertz CT molecular complexity index is 1510. The molecule has 0 spiro atoms. The molecule has 1 saturated heterocycles. The van der Waals surface area contributed by atoms with E-state index in [1.807, 2.05) is 42.2 Å². The number of alkyl halides is 3. The molecular weight excluding hydrogens is 499 g/mol. The van der Waals surface area contributed by atoms with Crippen LogP contribution >= 0.6 is 0 Å². The highest BCUT2D eigenvalue weighted by Crippen LogP contribution is 2.36. The molecule has 1 amide bonds. The fraction of sp³-hybridized carbons (Fsp3) is 0.273. The van der Waals surface area contributed by atoms with Gasteiger partial charge in [-0.1, -0.05) is 55.5 Å². The van der Waals surface area contributed by atoms with Crippen molar-refractivity contribution in [3.8, 4) is 22.3 Å². The van der Waals surface area contributed by atoms with Crippen LogP contribution < -0.4 is 0 Å². The SMILES string of the molecule is CCC(=O)N1CCC(c2ccc(-c3cc(C(C)=O)cc4cc(-c5ccc(C(F)(F)F)cc5)ccc34)cc2)CC1. The van der Waals surface area contributed by atoms with E-state index in [0.29, 0.717) is 23.5 Å². The summed E-state index contributed by atoms with van der Waals surface area (Å²) in [4.78, 5) is 26.3. The number of ketones is 1. The first-order valence-electron chi connectivity index (χ1n) is 13.3. The van der Waals surface area contributed by atoms with Crippen molar-refractivity contribution in [2.45, 2.75) is 45.2 Å². The van der Waals surface area contributed by atoms with Gasteiger partial charge >= 0.3 is 6.18 Å². The lowest BCUT2D eigenvalue weighted by atomic mass is 9.87. The Labute approximate surface area is 226 Å². The third kappa shape index (κ3) is 5.60. The molecule has 0 aliphatic carbocycles. The molecule has 5 rings (SSSR count). The Morgan fingerprint density at radius 2 is 1.44 bits per heavy atom. The first kappa shape index (κ1) is 26.7. The molecule has 0 saturated carbocycles. The topological polar surface area (TPSA) is 37.4 Å². The summed E-state index contributed by atoms with van der Waals surface area (Å²) in [6.07, 6.45) is -1.95. The lowest BCUT2D eigenvalue weighted by Gasteiger charge is -2.32. The Balaban J connectivity index is 1.46. The maximum atomic E-state index is 13.0. The molecule has 3 nitrogen and oxygen atoms in total. The Hall–Kier alpha value is -3.93. The number of piperidine rings is 1. The fourth-order valence-electron chi connectivity index (χ4n) is 5.46. The highest BCUT2D eigenvalue weighted by molar-refractivity contribution is 6.05. The van der Waals surface area contributed by atoms with Crippen LogP contribution in [-0.2, 0) is 11.0 Å². The summed E-state index contributed by atoms with van der Waals surface area (Å²) in [7, 11) is 0. The summed E-state index contributed by atoms with van der Waals surface area (Å²) >= 11 is 0. The second kappa shape index (κ2) is 10.7. The quantitative estimate of drug-likeness (QED) is 0.243. The number of rotatable bonds is 5. The molecule has 1 heterocycles. The fourth-order valence-corrected chi connectivity index (χ4v) is 5.46. The van der Waals surface area contributed by atoms with Gasteiger partial charge in [0.15, 0.2) is 5.78 Å². The van der Waals surface area contributed by atoms with Gasteiger partial charge in [0.25, 0.3) is 0 Å². The largest absolute Gasteiger partial charge is 0.416 e. The Kier molecular flexibility index (Phi) is 7.30. The van der Waals surface area contributed by atoms with Crippen LogP contribution in [-0.4, -0.2) is 29.7 Å². The Morgan fingerprint density at radius 1 is 0.821 bits per heavy atom. The summed E-state index contributed by atoms with van der Waals surface area (Å²) in [5.74, 6) is 0.567. The predicted molar refractivity (Wildman–Crippen MR) is 149 cm³/mol. The van der Waals surface area contributed by atoms with Crippen molar-refractivity contribution >= 4 is 22.5 Å². The Morgan fingerprint density at radius 3 is 2.03 bits per heavy atom. The lowest BCUT2D eigenvalue weighted by Crippen LogP contribution is -2.37. The molecule has 0 unspecified atom stereocenters. The van der Waals surface area contributed by atoms with Crippen LogP contribution in [0.25, 0.3) is 33.0 Å². The van der Waals surface area contributed by atoms with Crippen molar-refractivity contribution < 1.29 is 22.8 Å². The van der Waals surface area contributed by atoms with Crippen LogP contribution in [0.15, 0.2) is 78.9 Å². The van der Waals surface area contributed by atoms with Crippen LogP contribution in [0.1, 0.15) is 60.5 Å². The van der Waals surface area contributed by atoms with E-state index in [0.717, 1.165) is 65.5 Å². The van der Waals surface area contributed by atoms with Gasteiger partial charge in [0.2, 0.25) is 5.91 Å². The van der Waals surface area contributed by atoms with E-state index < -0.39 is 11.7 Å². The number of Topliss-reactive ketones (excluding diaryl/α,β-unsaturated/α-hetero) is 1. The predicted octanol–water partition coefficient (Wildman–Crippen LogP) is 8.51. The molecule has 1 fully saturated rings. The number of likely N-dealkylation sites (tertiary alicyclic amines) is 1. The zero-order valence-corrected chi connectivity index (χ0v) is 22.0. The van der Waals surface area contributed by atoms with E-state index in [-0.39, 0.29) is 11.7 Å². The van der Waals surface area contributed by atoms with E-state index in [2.05, 4.69) is 24.3 Å². The maximum absolute atomic E-state index is 13.0. The molecular formula is C33H30F3NO2. The van der Waals surface area contributed by atoms with Crippen molar-refractivity contribution in [1.82, 2.24) is 4.90 Å². The minimum absolute atomic E-state index is 0.0527. The smallest absolute Gasteiger partial charge is 0.343 e. The van der Waals surface area contributed by atoms with Crippen molar-refractivity contribution in [1.29, 1.82) is 0 Å². The third-order valence-electron chi connectivity index (χ3n) is 7.75. The molecule has 1 aliphatic rings. The van der Waals surface area contributed by atoms with Crippen LogP contribution in [0.5, 0.6) is 0 Å². The van der Waals surface area contributed by atoms with Crippen molar-refractivity contribution in [3.05, 3.63) is 95.6 Å². The van der Waals surface area contributed by atoms with E-state index in [4.69, 9.17) is 0 Å². The molecule has 1 aliphatic heterocycles. The van der Waals surface area contributed by atoms with Gasteiger partial charge in [-0.3, -0.25) is 9.59 Å². The highest BCUT2D eigenvalue weighted by atomic mass is 19.4. The van der Waals surface area contributed by atoms with Crippen molar-refractivity contribution in [2.75, 3.05) is 13.1 Å². The van der Waals surface area contributed by atoms with Gasteiger partial charge in [-0.2, -0.15) is 13.2 Å². The molecule has 0 N–H and O–H groups in total. The number of fused-ring (bicyclic) bond motifs is 1. The highest BCUT2D eigenvalue weighted by Gasteiger charge is 2.30. The summed E-state index contributed by atoms with van der Waals surface area (Å²) in [5.41, 5.74) is 4.54. The van der Waals surface area contributed by atoms with Gasteiger partial charge in [-0.05, 0) is 94.6 Å². The monoisotopic (exact) mass is 529 g/mol. The molecule has 39 heavy (non-hydrogen) atoms. The number of benzene rings is 4. The number of hydrogen-bond acceptors (Lipinski definition) is 2. The molecule has 0 atom stereocenters. The van der Waals surface area contributed by atoms with Gasteiger partial charge in [-0.25, -0.2) is 0 Å². The van der Waals surface area contributed by atoms with E-state index >= 15 is 0 Å². The minimum Gasteiger partial charge on any atom is -0.343 e. The molecule has 0 radical (unpaired) electrons. The van der Waals surface area contributed by atoms with E-state index in [1.165, 1.54) is 24.6 Å². The number of carbonyl (C=O) groups excluding carboxylic acids is 2. The number of amides is 1. The van der Waals surface area contributed by atoms with Crippen LogP contribution in [0, 0.1) is 0 Å². The van der Waals surface area contributed by atoms with E-state index in [9.17, 15) is 22.8 Å². The van der Waals surface area contributed by atoms with Crippen LogP contribution in [0.2, 0.25) is 0 Å². The minimum atomic E-state index is -4.38. The van der Waals surface area contributed by atoms with Crippen LogP contribution in [0.4, 0.5) is 13.2 Å². The molecule has 4 aromatic carbocycles. The van der Waals surface area contributed by atoms with E-state index in [1.54, 1.807) is 0 Å². The molecule has 6 heteroatoms. The van der Waals surface area contributed by atoms with Crippen molar-refractivity contribution in [3.63, 3.8) is 0 Å². The number of nitrogens with zero attached hydrogens (tertiary/aromatic N) is 1. The van der Waals surface area contributed by atoms with Crippen molar-refractivity contribution in [2.24, 2.45) is 0 Å². The van der Waals surface area contributed by atoms with Gasteiger partial charge in [0.05, 0.1) is 5.56 Å². The average Bonchev–Trinajstić information content (AvgIpc) is 2.95. The standard InChI is InChI=1S/C33H30F3NO2/c1-3-32(39)37-16-14-24(15-17-37)22-4-6-25(7-5-22)31-20-27(21(2)38)19-28-18-26(10-13-30(28)31)23-8-11-29(12-9-23)33(34,35)36/h4-13,18-20,24H,3,14-17H2,1-2H3. The summed E-state index contributed by atoms with van der Waals surface area (Å²) < 4.78 is 39.0. The van der Waals surface area contributed by atoms with Gasteiger partial charge in [0, 0.05) is 25.1 Å². The van der Waals surface area contributed by atoms with Gasteiger partial charge in [0.1, 0.15) is 0 Å². The summed E-state index contributed by atoms with van der Waals surface area (Å²) in [6, 6.07) is 23.1. The molecule has 200 valence electrons. The lowest BCUT2D eigenvalue weighted by molar-refractivity contribution is -0.137.